The van der Waals surface area contributed by atoms with Crippen molar-refractivity contribution in [1.29, 1.82) is 0 Å². The normalized spacial score (nSPS) is 10.5. The standard InChI is InChI=1S/C17H22N2O/c1-3-9-18-13-15-12-17(20-2)8-7-14(15)11-16-6-4-5-10-19-16/h4-8,10,12,18H,3,9,11,13H2,1-2H3. The molecule has 0 saturated heterocycles. The van der Waals surface area contributed by atoms with Crippen LogP contribution in [-0.4, -0.2) is 18.6 Å². The molecule has 0 amide bonds. The zero-order valence-electron chi connectivity index (χ0n) is 12.2. The van der Waals surface area contributed by atoms with Gasteiger partial charge in [-0.3, -0.25) is 4.98 Å². The minimum atomic E-state index is 0.855. The van der Waals surface area contributed by atoms with Gasteiger partial charge >= 0.3 is 0 Å². The van der Waals surface area contributed by atoms with E-state index in [2.05, 4.69) is 35.4 Å². The predicted octanol–water partition coefficient (Wildman–Crippen LogP) is 3.18. The lowest BCUT2D eigenvalue weighted by molar-refractivity contribution is 0.414. The monoisotopic (exact) mass is 270 g/mol. The van der Waals surface area contributed by atoms with Crippen molar-refractivity contribution < 1.29 is 4.74 Å². The Morgan fingerprint density at radius 2 is 2.05 bits per heavy atom. The van der Waals surface area contributed by atoms with E-state index in [1.165, 1.54) is 11.1 Å². The van der Waals surface area contributed by atoms with E-state index in [9.17, 15) is 0 Å². The van der Waals surface area contributed by atoms with Crippen LogP contribution in [0.5, 0.6) is 5.75 Å². The first-order chi connectivity index (χ1) is 9.83. The summed E-state index contributed by atoms with van der Waals surface area (Å²) in [5.74, 6) is 0.906. The van der Waals surface area contributed by atoms with E-state index >= 15 is 0 Å². The molecule has 106 valence electrons. The minimum absolute atomic E-state index is 0.855. The molecular formula is C17H22N2O. The van der Waals surface area contributed by atoms with Crippen LogP contribution >= 0.6 is 0 Å². The second-order valence-electron chi connectivity index (χ2n) is 4.81. The Morgan fingerprint density at radius 3 is 2.75 bits per heavy atom. The largest absolute Gasteiger partial charge is 0.497 e. The summed E-state index contributed by atoms with van der Waals surface area (Å²) in [7, 11) is 1.71. The van der Waals surface area contributed by atoms with Gasteiger partial charge in [0.1, 0.15) is 5.75 Å². The van der Waals surface area contributed by atoms with Crippen LogP contribution in [0.15, 0.2) is 42.6 Å². The molecule has 0 atom stereocenters. The molecule has 3 nitrogen and oxygen atoms in total. The molecule has 1 aromatic heterocycles. The smallest absolute Gasteiger partial charge is 0.119 e. The van der Waals surface area contributed by atoms with Gasteiger partial charge < -0.3 is 10.1 Å². The van der Waals surface area contributed by atoms with Gasteiger partial charge in [-0.2, -0.15) is 0 Å². The van der Waals surface area contributed by atoms with Crippen molar-refractivity contribution in [3.63, 3.8) is 0 Å². The number of hydrogen-bond acceptors (Lipinski definition) is 3. The lowest BCUT2D eigenvalue weighted by atomic mass is 10.0. The summed E-state index contributed by atoms with van der Waals surface area (Å²) in [6, 6.07) is 12.3. The van der Waals surface area contributed by atoms with E-state index < -0.39 is 0 Å². The quantitative estimate of drug-likeness (QED) is 0.785. The van der Waals surface area contributed by atoms with E-state index in [1.807, 2.05) is 24.4 Å². The van der Waals surface area contributed by atoms with Gasteiger partial charge in [0, 0.05) is 24.9 Å². The second kappa shape index (κ2) is 7.65. The molecule has 0 fully saturated rings. The molecule has 1 aromatic carbocycles. The summed E-state index contributed by atoms with van der Waals surface area (Å²) in [6.45, 7) is 4.07. The second-order valence-corrected chi connectivity index (χ2v) is 4.81. The van der Waals surface area contributed by atoms with Crippen LogP contribution < -0.4 is 10.1 Å². The van der Waals surface area contributed by atoms with Crippen LogP contribution in [0.1, 0.15) is 30.2 Å². The highest BCUT2D eigenvalue weighted by molar-refractivity contribution is 5.37. The summed E-state index contributed by atoms with van der Waals surface area (Å²) < 4.78 is 5.32. The number of methoxy groups -OCH3 is 1. The van der Waals surface area contributed by atoms with Gasteiger partial charge in [-0.25, -0.2) is 0 Å². The molecule has 0 radical (unpaired) electrons. The highest BCUT2D eigenvalue weighted by atomic mass is 16.5. The summed E-state index contributed by atoms with van der Waals surface area (Å²) in [5, 5.41) is 3.45. The number of ether oxygens (including phenoxy) is 1. The molecule has 20 heavy (non-hydrogen) atoms. The number of aromatic nitrogens is 1. The molecule has 2 aromatic rings. The Kier molecular flexibility index (Phi) is 5.56. The van der Waals surface area contributed by atoms with Gasteiger partial charge in [-0.05, 0) is 48.4 Å². The van der Waals surface area contributed by atoms with Crippen LogP contribution in [0.2, 0.25) is 0 Å². The first-order valence-corrected chi connectivity index (χ1v) is 7.10. The molecule has 0 aliphatic carbocycles. The first-order valence-electron chi connectivity index (χ1n) is 7.10. The molecule has 0 spiro atoms. The Balaban J connectivity index is 2.17. The number of rotatable bonds is 7. The van der Waals surface area contributed by atoms with Crippen LogP contribution in [0.4, 0.5) is 0 Å². The van der Waals surface area contributed by atoms with Crippen LogP contribution in [0.25, 0.3) is 0 Å². The fourth-order valence-corrected chi connectivity index (χ4v) is 2.16. The van der Waals surface area contributed by atoms with Gasteiger partial charge in [0.25, 0.3) is 0 Å². The van der Waals surface area contributed by atoms with E-state index in [0.717, 1.165) is 37.4 Å². The maximum Gasteiger partial charge on any atom is 0.119 e. The van der Waals surface area contributed by atoms with Gasteiger partial charge in [-0.1, -0.05) is 19.1 Å². The van der Waals surface area contributed by atoms with Crippen molar-refractivity contribution >= 4 is 0 Å². The number of hydrogen-bond donors (Lipinski definition) is 1. The highest BCUT2D eigenvalue weighted by Crippen LogP contribution is 2.20. The molecule has 0 aliphatic heterocycles. The average molecular weight is 270 g/mol. The zero-order chi connectivity index (χ0) is 14.2. The lowest BCUT2D eigenvalue weighted by Gasteiger charge is -2.12. The van der Waals surface area contributed by atoms with Crippen LogP contribution in [-0.2, 0) is 13.0 Å². The number of nitrogens with one attached hydrogen (secondary N) is 1. The molecule has 2 rings (SSSR count). The minimum Gasteiger partial charge on any atom is -0.497 e. The van der Waals surface area contributed by atoms with Gasteiger partial charge in [0.15, 0.2) is 0 Å². The van der Waals surface area contributed by atoms with E-state index in [4.69, 9.17) is 4.74 Å². The highest BCUT2D eigenvalue weighted by Gasteiger charge is 2.06. The Labute approximate surface area is 121 Å². The third-order valence-electron chi connectivity index (χ3n) is 3.25. The summed E-state index contributed by atoms with van der Waals surface area (Å²) in [5.41, 5.74) is 3.67. The third-order valence-corrected chi connectivity index (χ3v) is 3.25. The topological polar surface area (TPSA) is 34.1 Å². The lowest BCUT2D eigenvalue weighted by Crippen LogP contribution is -2.15. The molecule has 1 heterocycles. The van der Waals surface area contributed by atoms with E-state index in [-0.39, 0.29) is 0 Å². The van der Waals surface area contributed by atoms with Crippen molar-refractivity contribution in [3.05, 3.63) is 59.4 Å². The summed E-state index contributed by atoms with van der Waals surface area (Å²) in [6.07, 6.45) is 3.83. The van der Waals surface area contributed by atoms with E-state index in [1.54, 1.807) is 7.11 Å². The molecule has 3 heteroatoms. The maximum atomic E-state index is 5.32. The zero-order valence-corrected chi connectivity index (χ0v) is 12.2. The number of pyridine rings is 1. The van der Waals surface area contributed by atoms with Crippen LogP contribution in [0.3, 0.4) is 0 Å². The Hall–Kier alpha value is -1.87. The Morgan fingerprint density at radius 1 is 1.15 bits per heavy atom. The van der Waals surface area contributed by atoms with Crippen LogP contribution in [0, 0.1) is 0 Å². The van der Waals surface area contributed by atoms with Crippen molar-refractivity contribution in [1.82, 2.24) is 10.3 Å². The van der Waals surface area contributed by atoms with Crippen molar-refractivity contribution in [3.8, 4) is 5.75 Å². The number of nitrogens with zero attached hydrogens (tertiary/aromatic N) is 1. The fraction of sp³-hybridized carbons (Fsp3) is 0.353. The molecule has 0 aliphatic rings. The van der Waals surface area contributed by atoms with Gasteiger partial charge in [0.05, 0.1) is 7.11 Å². The third kappa shape index (κ3) is 4.07. The average Bonchev–Trinajstić information content (AvgIpc) is 2.50. The fourth-order valence-electron chi connectivity index (χ4n) is 2.16. The number of benzene rings is 1. The molecular weight excluding hydrogens is 248 g/mol. The Bertz CT molecular complexity index is 526. The van der Waals surface area contributed by atoms with E-state index in [0.29, 0.717) is 0 Å². The predicted molar refractivity (Wildman–Crippen MR) is 82.0 cm³/mol. The van der Waals surface area contributed by atoms with Crippen molar-refractivity contribution in [2.45, 2.75) is 26.3 Å². The van der Waals surface area contributed by atoms with Gasteiger partial charge in [0.2, 0.25) is 0 Å². The van der Waals surface area contributed by atoms with Crippen molar-refractivity contribution in [2.75, 3.05) is 13.7 Å². The molecule has 0 unspecified atom stereocenters. The molecule has 0 saturated carbocycles. The molecule has 0 bridgehead atoms. The molecule has 1 N–H and O–H groups in total. The van der Waals surface area contributed by atoms with Gasteiger partial charge in [-0.15, -0.1) is 0 Å². The first kappa shape index (κ1) is 14.5. The summed E-state index contributed by atoms with van der Waals surface area (Å²) >= 11 is 0. The van der Waals surface area contributed by atoms with Crippen molar-refractivity contribution in [2.24, 2.45) is 0 Å². The summed E-state index contributed by atoms with van der Waals surface area (Å²) in [4.78, 5) is 4.40. The maximum absolute atomic E-state index is 5.32. The SMILES string of the molecule is CCCNCc1cc(OC)ccc1Cc1ccccn1.